The summed E-state index contributed by atoms with van der Waals surface area (Å²) in [4.78, 5) is 2.56. The van der Waals surface area contributed by atoms with E-state index in [0.717, 1.165) is 75.8 Å². The van der Waals surface area contributed by atoms with E-state index in [2.05, 4.69) is 35.2 Å². The minimum absolute atomic E-state index is 0.0562. The summed E-state index contributed by atoms with van der Waals surface area (Å²) >= 11 is 5.94. The molecule has 5 heterocycles. The van der Waals surface area contributed by atoms with Crippen LogP contribution in [0.1, 0.15) is 77.6 Å². The van der Waals surface area contributed by atoms with E-state index in [9.17, 15) is 13.7 Å². The van der Waals surface area contributed by atoms with Gasteiger partial charge in [0.2, 0.25) is 0 Å². The van der Waals surface area contributed by atoms with Crippen LogP contribution in [0.5, 0.6) is 0 Å². The van der Waals surface area contributed by atoms with Gasteiger partial charge in [0, 0.05) is 76.0 Å². The van der Waals surface area contributed by atoms with Crippen LogP contribution in [0.3, 0.4) is 0 Å². The zero-order chi connectivity index (χ0) is 47.6. The summed E-state index contributed by atoms with van der Waals surface area (Å²) < 4.78 is 69.2. The van der Waals surface area contributed by atoms with Crippen molar-refractivity contribution in [3.8, 4) is 6.07 Å². The summed E-state index contributed by atoms with van der Waals surface area (Å²) in [5.41, 5.74) is 4.58. The van der Waals surface area contributed by atoms with Gasteiger partial charge in [-0.05, 0) is 101 Å². The van der Waals surface area contributed by atoms with Gasteiger partial charge in [-0.2, -0.15) is 54.1 Å². The maximum Gasteiger partial charge on any atom is 0.296 e. The molecule has 0 aromatic heterocycles. The molecule has 0 N–H and O–H groups in total. The van der Waals surface area contributed by atoms with Crippen molar-refractivity contribution in [2.75, 3.05) is 104 Å². The molecule has 1 unspecified atom stereocenters. The molecule has 3 aromatic rings. The average Bonchev–Trinajstić information content (AvgIpc) is 3.77. The number of benzene rings is 3. The van der Waals surface area contributed by atoms with Crippen molar-refractivity contribution in [2.24, 2.45) is 21.3 Å². The lowest BCUT2D eigenvalue weighted by Crippen LogP contribution is -2.51. The van der Waals surface area contributed by atoms with Crippen LogP contribution in [0.15, 0.2) is 82.8 Å². The number of hydrazone groups is 1. The van der Waals surface area contributed by atoms with E-state index in [1.165, 1.54) is 0 Å². The number of nitriles is 1. The normalized spacial score (nSPS) is 25.2. The number of hydrogen-bond acceptors (Lipinski definition) is 16. The van der Waals surface area contributed by atoms with Crippen molar-refractivity contribution in [1.29, 1.82) is 5.26 Å². The molecule has 3 aromatic carbocycles. The third-order valence-electron chi connectivity index (χ3n) is 12.9. The molecule has 4 fully saturated rings. The first-order chi connectivity index (χ1) is 31.8. The Balaban J connectivity index is 0.996. The van der Waals surface area contributed by atoms with Gasteiger partial charge >= 0.3 is 0 Å². The van der Waals surface area contributed by atoms with Gasteiger partial charge in [0.25, 0.3) is 10.1 Å². The lowest BCUT2D eigenvalue weighted by molar-refractivity contribution is -0.285. The first-order valence-corrected chi connectivity index (χ1v) is 27.9. The number of hydrogen-bond donors (Lipinski definition) is 0. The average molecular weight is 995 g/mol. The third-order valence-corrected chi connectivity index (χ3v) is 18.4. The highest BCUT2D eigenvalue weighted by Gasteiger charge is 2.44. The van der Waals surface area contributed by atoms with Gasteiger partial charge in [-0.3, -0.25) is 9.19 Å². The quantitative estimate of drug-likeness (QED) is 0.198. The van der Waals surface area contributed by atoms with E-state index >= 15 is 0 Å². The second-order valence-corrected chi connectivity index (χ2v) is 25.2. The summed E-state index contributed by atoms with van der Waals surface area (Å²) in [7, 11) is -4.07. The van der Waals surface area contributed by atoms with Gasteiger partial charge in [0.15, 0.2) is 17.4 Å². The van der Waals surface area contributed by atoms with Gasteiger partial charge in [0.05, 0.1) is 80.2 Å². The second-order valence-electron chi connectivity index (χ2n) is 20.4. The molecule has 1 atom stereocenters. The van der Waals surface area contributed by atoms with Crippen LogP contribution in [0.4, 0.5) is 11.4 Å². The summed E-state index contributed by atoms with van der Waals surface area (Å²) in [6.07, 6.45) is 0.613. The van der Waals surface area contributed by atoms with Crippen molar-refractivity contribution < 1.29 is 41.0 Å². The van der Waals surface area contributed by atoms with Gasteiger partial charge in [-0.1, -0.05) is 31.2 Å². The molecule has 0 amide bonds. The Hall–Kier alpha value is -2.86. The molecular weight excluding hydrogens is 929 g/mol. The van der Waals surface area contributed by atoms with E-state index < -0.39 is 32.9 Å². The fourth-order valence-electron chi connectivity index (χ4n) is 8.41. The molecule has 8 rings (SSSR count). The van der Waals surface area contributed by atoms with Crippen molar-refractivity contribution >= 4 is 62.5 Å². The molecule has 13 nitrogen and oxygen atoms in total. The van der Waals surface area contributed by atoms with E-state index in [4.69, 9.17) is 37.7 Å². The van der Waals surface area contributed by atoms with Crippen LogP contribution >= 0.6 is 35.3 Å². The van der Waals surface area contributed by atoms with Crippen molar-refractivity contribution in [2.45, 2.75) is 83.2 Å². The molecule has 17 heteroatoms. The predicted molar refractivity (Wildman–Crippen MR) is 269 cm³/mol. The standard InChI is InChI=1S/C50H66N4O9S4/c1-45(2)57-26-48(7,27-58-45)28-63-67(55,56)42-18-16-41(17-19-42)54-44(24-43(52-54)38-10-8-37(25-51)9-11-38)39-12-14-40(15-13-39)53-20-22-64-33-49(29-59-46(3,4)60-30-49)35-66-36-50(34-65-23-21-53)31-61-47(5,6)62-32-50/h8-19,44H,20-24,26-36H2,1-7H3. The highest BCUT2D eigenvalue weighted by molar-refractivity contribution is 8.00. The highest BCUT2D eigenvalue weighted by Crippen LogP contribution is 2.42. The lowest BCUT2D eigenvalue weighted by atomic mass is 9.93. The van der Waals surface area contributed by atoms with E-state index in [-0.39, 0.29) is 28.4 Å². The van der Waals surface area contributed by atoms with Gasteiger partial charge in [0.1, 0.15) is 0 Å². The predicted octanol–water partition coefficient (Wildman–Crippen LogP) is 8.97. The molecule has 0 aliphatic carbocycles. The van der Waals surface area contributed by atoms with Crippen molar-refractivity contribution in [3.63, 3.8) is 0 Å². The van der Waals surface area contributed by atoms with Gasteiger partial charge < -0.3 is 33.3 Å². The highest BCUT2D eigenvalue weighted by atomic mass is 32.2. The largest absolute Gasteiger partial charge is 0.370 e. The number of ether oxygens (including phenoxy) is 6. The van der Waals surface area contributed by atoms with Crippen LogP contribution in [0, 0.1) is 27.6 Å². The second kappa shape index (κ2) is 20.5. The smallest absolute Gasteiger partial charge is 0.296 e. The van der Waals surface area contributed by atoms with Gasteiger partial charge in [-0.25, -0.2) is 0 Å². The summed E-state index contributed by atoms with van der Waals surface area (Å²) in [5, 5.41) is 16.6. The maximum absolute atomic E-state index is 13.4. The van der Waals surface area contributed by atoms with Crippen LogP contribution in [-0.4, -0.2) is 125 Å². The van der Waals surface area contributed by atoms with E-state index in [1.807, 2.05) is 113 Å². The molecule has 364 valence electrons. The lowest BCUT2D eigenvalue weighted by Gasteiger charge is -2.45. The van der Waals surface area contributed by atoms with Crippen LogP contribution in [0.2, 0.25) is 0 Å². The minimum atomic E-state index is -4.07. The fourth-order valence-corrected chi connectivity index (χ4v) is 13.6. The Morgan fingerprint density at radius 1 is 0.657 bits per heavy atom. The number of anilines is 2. The molecule has 67 heavy (non-hydrogen) atoms. The summed E-state index contributed by atoms with van der Waals surface area (Å²) in [5.74, 6) is 3.87. The Morgan fingerprint density at radius 3 is 1.64 bits per heavy atom. The molecule has 0 saturated carbocycles. The van der Waals surface area contributed by atoms with Crippen LogP contribution in [-0.2, 0) is 42.7 Å². The van der Waals surface area contributed by atoms with Crippen molar-refractivity contribution in [1.82, 2.24) is 0 Å². The zero-order valence-corrected chi connectivity index (χ0v) is 43.2. The molecular formula is C50H66N4O9S4. The number of thioether (sulfide) groups is 3. The van der Waals surface area contributed by atoms with Crippen LogP contribution in [0.25, 0.3) is 0 Å². The first kappa shape index (κ1) is 50.5. The Morgan fingerprint density at radius 2 is 1.13 bits per heavy atom. The monoisotopic (exact) mass is 994 g/mol. The summed E-state index contributed by atoms with van der Waals surface area (Å²) in [6.45, 7) is 18.6. The van der Waals surface area contributed by atoms with Crippen molar-refractivity contribution in [3.05, 3.63) is 89.5 Å². The van der Waals surface area contributed by atoms with E-state index in [0.29, 0.717) is 51.6 Å². The zero-order valence-electron chi connectivity index (χ0n) is 39.9. The van der Waals surface area contributed by atoms with Crippen LogP contribution < -0.4 is 9.91 Å². The molecule has 0 radical (unpaired) electrons. The summed E-state index contributed by atoms with van der Waals surface area (Å²) in [6, 6.07) is 25.0. The first-order valence-electron chi connectivity index (χ1n) is 23.1. The molecule has 5 aliphatic rings. The van der Waals surface area contributed by atoms with E-state index in [1.54, 1.807) is 24.3 Å². The fraction of sp³-hybridized carbons (Fsp3) is 0.600. The minimum Gasteiger partial charge on any atom is -0.370 e. The third kappa shape index (κ3) is 12.7. The van der Waals surface area contributed by atoms with Gasteiger partial charge in [-0.15, -0.1) is 0 Å². The SMILES string of the molecule is CC1(COS(=O)(=O)c2ccc(N3N=C(c4ccc(C#N)cc4)CC3c3ccc(N4CCSCC5(COC(C)(C)OC5)CSCC5(COC(C)(C)OC5)CSCC4)cc3)cc2)COC(C)(C)OC1. The number of nitrogens with zero attached hydrogens (tertiary/aromatic N) is 4. The molecule has 4 saturated heterocycles. The molecule has 5 aliphatic heterocycles. The number of rotatable bonds is 8. The Kier molecular flexibility index (Phi) is 15.4. The Labute approximate surface area is 410 Å². The molecule has 2 spiro atoms. The Bertz CT molecular complexity index is 2280. The topological polar surface area (TPSA) is 141 Å². The molecule has 0 bridgehead atoms. The maximum atomic E-state index is 13.4.